The highest BCUT2D eigenvalue weighted by Gasteiger charge is 2.18. The van der Waals surface area contributed by atoms with Crippen LogP contribution in [0.5, 0.6) is 0 Å². The normalized spacial score (nSPS) is 14.9. The second-order valence-corrected chi connectivity index (χ2v) is 7.43. The summed E-state index contributed by atoms with van der Waals surface area (Å²) in [5.74, 6) is 1.71. The average Bonchev–Trinajstić information content (AvgIpc) is 2.74. The molecule has 1 aliphatic rings. The maximum absolute atomic E-state index is 4.76. The van der Waals surface area contributed by atoms with Gasteiger partial charge >= 0.3 is 0 Å². The van der Waals surface area contributed by atoms with Gasteiger partial charge in [-0.1, -0.05) is 23.8 Å². The Kier molecular flexibility index (Phi) is 10.3. The van der Waals surface area contributed by atoms with Gasteiger partial charge in [-0.3, -0.25) is 4.90 Å². The van der Waals surface area contributed by atoms with Crippen LogP contribution in [0, 0.1) is 13.8 Å². The van der Waals surface area contributed by atoms with Crippen LogP contribution in [0.25, 0.3) is 0 Å². The predicted molar refractivity (Wildman–Crippen MR) is 135 cm³/mol. The van der Waals surface area contributed by atoms with E-state index in [1.54, 1.807) is 12.4 Å². The summed E-state index contributed by atoms with van der Waals surface area (Å²) >= 11 is 0. The van der Waals surface area contributed by atoms with E-state index in [1.807, 2.05) is 6.07 Å². The van der Waals surface area contributed by atoms with E-state index in [9.17, 15) is 0 Å². The largest absolute Gasteiger partial charge is 0.357 e. The Labute approximate surface area is 197 Å². The number of benzene rings is 1. The summed E-state index contributed by atoms with van der Waals surface area (Å²) in [5, 5.41) is 6.82. The van der Waals surface area contributed by atoms with Crippen molar-refractivity contribution in [1.82, 2.24) is 25.5 Å². The lowest BCUT2D eigenvalue weighted by Crippen LogP contribution is -2.49. The summed E-state index contributed by atoms with van der Waals surface area (Å²) in [5.41, 5.74) is 3.86. The zero-order chi connectivity index (χ0) is 20.5. The van der Waals surface area contributed by atoms with Gasteiger partial charge in [0.15, 0.2) is 5.96 Å². The fourth-order valence-corrected chi connectivity index (χ4v) is 3.49. The number of nitrogens with zero attached hydrogens (tertiary/aromatic N) is 5. The quantitative estimate of drug-likeness (QED) is 0.331. The van der Waals surface area contributed by atoms with Gasteiger partial charge in [-0.2, -0.15) is 0 Å². The lowest BCUT2D eigenvalue weighted by atomic mass is 10.1. The molecule has 0 amide bonds. The van der Waals surface area contributed by atoms with E-state index in [4.69, 9.17) is 4.99 Å². The van der Waals surface area contributed by atoms with Gasteiger partial charge in [0.2, 0.25) is 5.95 Å². The van der Waals surface area contributed by atoms with Crippen LogP contribution < -0.4 is 15.5 Å². The number of anilines is 1. The maximum atomic E-state index is 4.76. The second-order valence-electron chi connectivity index (χ2n) is 7.43. The number of nitrogens with one attached hydrogen (secondary N) is 2. The number of aliphatic imine (C=N–C) groups is 1. The van der Waals surface area contributed by atoms with Crippen molar-refractivity contribution in [3.05, 3.63) is 53.3 Å². The van der Waals surface area contributed by atoms with Crippen LogP contribution in [0.15, 0.2) is 41.7 Å². The molecule has 0 spiro atoms. The van der Waals surface area contributed by atoms with Crippen molar-refractivity contribution in [2.24, 2.45) is 4.99 Å². The average molecular weight is 523 g/mol. The lowest BCUT2D eigenvalue weighted by molar-refractivity contribution is 0.260. The molecule has 1 aliphatic heterocycles. The summed E-state index contributed by atoms with van der Waals surface area (Å²) in [7, 11) is 0. The van der Waals surface area contributed by atoms with Gasteiger partial charge in [-0.15, -0.1) is 24.0 Å². The van der Waals surface area contributed by atoms with Crippen LogP contribution in [0.4, 0.5) is 5.95 Å². The van der Waals surface area contributed by atoms with Crippen LogP contribution in [0.3, 0.4) is 0 Å². The van der Waals surface area contributed by atoms with Crippen molar-refractivity contribution in [3.63, 3.8) is 0 Å². The monoisotopic (exact) mass is 523 g/mol. The van der Waals surface area contributed by atoms with E-state index < -0.39 is 0 Å². The van der Waals surface area contributed by atoms with Crippen molar-refractivity contribution in [3.8, 4) is 0 Å². The number of aryl methyl sites for hydroxylation is 2. The van der Waals surface area contributed by atoms with Crippen LogP contribution in [-0.2, 0) is 6.54 Å². The first-order valence-electron chi connectivity index (χ1n) is 10.5. The van der Waals surface area contributed by atoms with E-state index in [-0.39, 0.29) is 24.0 Å². The third-order valence-electron chi connectivity index (χ3n) is 5.18. The molecule has 1 fully saturated rings. The molecule has 164 valence electrons. The fraction of sp³-hybridized carbons (Fsp3) is 0.500. The Bertz CT molecular complexity index is 789. The molecule has 2 N–H and O–H groups in total. The number of hydrogen-bond donors (Lipinski definition) is 2. The molecule has 0 aliphatic carbocycles. The molecule has 2 heterocycles. The van der Waals surface area contributed by atoms with E-state index >= 15 is 0 Å². The van der Waals surface area contributed by atoms with E-state index in [2.05, 4.69) is 69.4 Å². The first-order valence-corrected chi connectivity index (χ1v) is 10.5. The predicted octanol–water partition coefficient (Wildman–Crippen LogP) is 2.59. The molecule has 30 heavy (non-hydrogen) atoms. The summed E-state index contributed by atoms with van der Waals surface area (Å²) in [6.45, 7) is 13.8. The molecular weight excluding hydrogens is 489 g/mol. The minimum absolute atomic E-state index is 0. The minimum Gasteiger partial charge on any atom is -0.357 e. The van der Waals surface area contributed by atoms with Gasteiger partial charge < -0.3 is 15.5 Å². The van der Waals surface area contributed by atoms with Gasteiger partial charge in [0.1, 0.15) is 0 Å². The Hall–Kier alpha value is -1.94. The maximum Gasteiger partial charge on any atom is 0.225 e. The van der Waals surface area contributed by atoms with Gasteiger partial charge in [0, 0.05) is 58.2 Å². The molecule has 0 bridgehead atoms. The molecular formula is C22H34IN7. The number of aromatic nitrogens is 2. The van der Waals surface area contributed by atoms with Gasteiger partial charge in [-0.25, -0.2) is 15.0 Å². The molecule has 0 radical (unpaired) electrons. The lowest BCUT2D eigenvalue weighted by Gasteiger charge is -2.34. The molecule has 1 aromatic heterocycles. The highest BCUT2D eigenvalue weighted by molar-refractivity contribution is 14.0. The smallest absolute Gasteiger partial charge is 0.225 e. The molecule has 7 nitrogen and oxygen atoms in total. The second kappa shape index (κ2) is 12.7. The van der Waals surface area contributed by atoms with Crippen molar-refractivity contribution >= 4 is 35.9 Å². The van der Waals surface area contributed by atoms with Crippen LogP contribution in [0.2, 0.25) is 0 Å². The summed E-state index contributed by atoms with van der Waals surface area (Å²) in [4.78, 5) is 18.2. The third-order valence-corrected chi connectivity index (χ3v) is 5.18. The first kappa shape index (κ1) is 24.3. The number of guanidine groups is 1. The zero-order valence-electron chi connectivity index (χ0n) is 18.3. The van der Waals surface area contributed by atoms with Crippen LogP contribution in [-0.4, -0.2) is 66.6 Å². The van der Waals surface area contributed by atoms with Crippen LogP contribution >= 0.6 is 24.0 Å². The van der Waals surface area contributed by atoms with E-state index in [0.717, 1.165) is 57.7 Å². The highest BCUT2D eigenvalue weighted by Crippen LogP contribution is 2.11. The van der Waals surface area contributed by atoms with E-state index in [0.29, 0.717) is 6.54 Å². The molecule has 1 saturated heterocycles. The Morgan fingerprint density at radius 2 is 1.80 bits per heavy atom. The Balaban J connectivity index is 0.00000320. The van der Waals surface area contributed by atoms with Crippen molar-refractivity contribution < 1.29 is 0 Å². The zero-order valence-corrected chi connectivity index (χ0v) is 20.6. The van der Waals surface area contributed by atoms with Crippen molar-refractivity contribution in [2.75, 3.05) is 50.7 Å². The van der Waals surface area contributed by atoms with Gasteiger partial charge in [0.25, 0.3) is 0 Å². The van der Waals surface area contributed by atoms with Gasteiger partial charge in [0.05, 0.1) is 6.54 Å². The summed E-state index contributed by atoms with van der Waals surface area (Å²) in [6, 6.07) is 8.40. The molecule has 0 atom stereocenters. The number of rotatable bonds is 7. The Morgan fingerprint density at radius 3 is 2.47 bits per heavy atom. The topological polar surface area (TPSA) is 68.7 Å². The molecule has 0 saturated carbocycles. The fourth-order valence-electron chi connectivity index (χ4n) is 3.49. The van der Waals surface area contributed by atoms with Crippen molar-refractivity contribution in [2.45, 2.75) is 27.3 Å². The SMILES string of the molecule is CCNC(=NCc1ccc(C)cc1C)NCCN1CCN(c2ncccn2)CC1.I. The molecule has 1 aromatic carbocycles. The summed E-state index contributed by atoms with van der Waals surface area (Å²) < 4.78 is 0. The van der Waals surface area contributed by atoms with E-state index in [1.165, 1.54) is 16.7 Å². The number of halogens is 1. The number of piperazine rings is 1. The third kappa shape index (κ3) is 7.39. The van der Waals surface area contributed by atoms with Crippen LogP contribution in [0.1, 0.15) is 23.6 Å². The van der Waals surface area contributed by atoms with Gasteiger partial charge in [-0.05, 0) is 38.0 Å². The summed E-state index contributed by atoms with van der Waals surface area (Å²) in [6.07, 6.45) is 3.61. The molecule has 3 rings (SSSR count). The standard InChI is InChI=1S/C22H33N7.HI/c1-4-23-21(27-17-20-7-6-18(2)16-19(20)3)24-10-11-28-12-14-29(15-13-28)22-25-8-5-9-26-22;/h5-9,16H,4,10-15,17H2,1-3H3,(H2,23,24,27);1H. The molecule has 2 aromatic rings. The minimum atomic E-state index is 0. The highest BCUT2D eigenvalue weighted by atomic mass is 127. The first-order chi connectivity index (χ1) is 14.2. The molecule has 8 heteroatoms. The molecule has 0 unspecified atom stereocenters. The van der Waals surface area contributed by atoms with Crippen molar-refractivity contribution in [1.29, 1.82) is 0 Å². The Morgan fingerprint density at radius 1 is 1.07 bits per heavy atom. The number of hydrogen-bond acceptors (Lipinski definition) is 5.